The normalized spacial score (nSPS) is 13.4. The van der Waals surface area contributed by atoms with E-state index in [1.807, 2.05) is 0 Å². The van der Waals surface area contributed by atoms with Gasteiger partial charge in [0.1, 0.15) is 18.0 Å². The standard InChI is InChI=1S/C26H25FN6O4/c1-29-22-14-33(13-17(22)12-28)26(34)16-5-3-15(4-6-16)20-10-24(37-32-20)25-18-9-19(27)23(36-8-7-35-2)11-21(18)30-31-25/h3-6,9-12,28-29H,7-8,13-14H2,1-2H3,(H,30,31). The maximum absolute atomic E-state index is 14.6. The lowest BCUT2D eigenvalue weighted by Gasteiger charge is -2.16. The van der Waals surface area contributed by atoms with Gasteiger partial charge in [0.15, 0.2) is 17.3 Å². The Morgan fingerprint density at radius 1 is 1.24 bits per heavy atom. The fourth-order valence-electron chi connectivity index (χ4n) is 4.21. The second-order valence-corrected chi connectivity index (χ2v) is 8.45. The van der Waals surface area contributed by atoms with Gasteiger partial charge in [-0.25, -0.2) is 4.39 Å². The molecule has 3 heterocycles. The molecule has 0 saturated heterocycles. The van der Waals surface area contributed by atoms with E-state index in [1.54, 1.807) is 55.5 Å². The van der Waals surface area contributed by atoms with Gasteiger partial charge in [0.05, 0.1) is 18.7 Å². The van der Waals surface area contributed by atoms with Crippen molar-refractivity contribution in [2.24, 2.45) is 0 Å². The van der Waals surface area contributed by atoms with Crippen molar-refractivity contribution >= 4 is 23.0 Å². The summed E-state index contributed by atoms with van der Waals surface area (Å²) in [5, 5.41) is 22.4. The largest absolute Gasteiger partial charge is 0.488 e. The molecule has 0 radical (unpaired) electrons. The summed E-state index contributed by atoms with van der Waals surface area (Å²) in [5.74, 6) is -0.161. The Morgan fingerprint density at radius 2 is 2.05 bits per heavy atom. The molecule has 2 aromatic heterocycles. The van der Waals surface area contributed by atoms with Crippen LogP contribution in [0, 0.1) is 11.2 Å². The molecule has 10 nitrogen and oxygen atoms in total. The maximum atomic E-state index is 14.6. The molecule has 0 unspecified atom stereocenters. The number of rotatable bonds is 9. The van der Waals surface area contributed by atoms with Crippen molar-refractivity contribution in [3.63, 3.8) is 0 Å². The Kier molecular flexibility index (Phi) is 6.69. The Bertz CT molecular complexity index is 1490. The van der Waals surface area contributed by atoms with E-state index in [9.17, 15) is 9.18 Å². The van der Waals surface area contributed by atoms with Crippen LogP contribution in [0.5, 0.6) is 5.75 Å². The fourth-order valence-corrected chi connectivity index (χ4v) is 4.21. The Morgan fingerprint density at radius 3 is 2.76 bits per heavy atom. The molecule has 5 rings (SSSR count). The van der Waals surface area contributed by atoms with Gasteiger partial charge in [-0.05, 0) is 18.2 Å². The molecule has 1 aliphatic rings. The van der Waals surface area contributed by atoms with Gasteiger partial charge in [0, 0.05) is 66.8 Å². The lowest BCUT2D eigenvalue weighted by atomic mass is 10.1. The highest BCUT2D eigenvalue weighted by Gasteiger charge is 2.25. The van der Waals surface area contributed by atoms with Crippen LogP contribution in [-0.2, 0) is 4.74 Å². The number of carbonyl (C=O) groups is 1. The van der Waals surface area contributed by atoms with Crippen molar-refractivity contribution in [2.45, 2.75) is 0 Å². The van der Waals surface area contributed by atoms with E-state index in [0.717, 1.165) is 16.8 Å². The lowest BCUT2D eigenvalue weighted by molar-refractivity contribution is 0.0796. The van der Waals surface area contributed by atoms with Crippen LogP contribution in [0.1, 0.15) is 10.4 Å². The number of methoxy groups -OCH3 is 1. The van der Waals surface area contributed by atoms with Crippen molar-refractivity contribution in [1.82, 2.24) is 25.6 Å². The van der Waals surface area contributed by atoms with E-state index < -0.39 is 5.82 Å². The zero-order valence-corrected chi connectivity index (χ0v) is 20.3. The maximum Gasteiger partial charge on any atom is 0.254 e. The van der Waals surface area contributed by atoms with Crippen molar-refractivity contribution in [2.75, 3.05) is 40.5 Å². The molecule has 4 aromatic rings. The molecule has 0 spiro atoms. The van der Waals surface area contributed by atoms with E-state index in [0.29, 0.717) is 53.3 Å². The summed E-state index contributed by atoms with van der Waals surface area (Å²) in [6.45, 7) is 1.41. The first-order valence-corrected chi connectivity index (χ1v) is 11.6. The summed E-state index contributed by atoms with van der Waals surface area (Å²) >= 11 is 0. The number of H-pyrrole nitrogens is 1. The van der Waals surface area contributed by atoms with Crippen molar-refractivity contribution in [3.05, 3.63) is 65.1 Å². The van der Waals surface area contributed by atoms with Crippen LogP contribution in [0.4, 0.5) is 4.39 Å². The number of aromatic nitrogens is 3. The molecule has 0 atom stereocenters. The number of fused-ring (bicyclic) bond motifs is 1. The number of hydrogen-bond donors (Lipinski definition) is 3. The van der Waals surface area contributed by atoms with E-state index in [-0.39, 0.29) is 18.3 Å². The summed E-state index contributed by atoms with van der Waals surface area (Å²) in [7, 11) is 3.33. The van der Waals surface area contributed by atoms with Crippen LogP contribution in [0.15, 0.2) is 58.3 Å². The van der Waals surface area contributed by atoms with E-state index in [4.69, 9.17) is 19.4 Å². The molecule has 37 heavy (non-hydrogen) atoms. The van der Waals surface area contributed by atoms with Crippen LogP contribution in [0.25, 0.3) is 33.6 Å². The minimum atomic E-state index is -0.519. The van der Waals surface area contributed by atoms with E-state index in [2.05, 4.69) is 20.7 Å². The smallest absolute Gasteiger partial charge is 0.254 e. The first kappa shape index (κ1) is 24.2. The number of aromatic amines is 1. The van der Waals surface area contributed by atoms with Crippen LogP contribution < -0.4 is 10.1 Å². The fraction of sp³-hybridized carbons (Fsp3) is 0.231. The number of nitrogens with one attached hydrogen (secondary N) is 3. The molecule has 1 aliphatic heterocycles. The molecule has 0 fully saturated rings. The summed E-state index contributed by atoms with van der Waals surface area (Å²) < 4.78 is 30.5. The Balaban J connectivity index is 1.33. The minimum absolute atomic E-state index is 0.105. The van der Waals surface area contributed by atoms with Crippen LogP contribution >= 0.6 is 0 Å². The highest BCUT2D eigenvalue weighted by molar-refractivity contribution is 5.97. The number of benzene rings is 2. The topological polar surface area (TPSA) is 129 Å². The Hall–Kier alpha value is -4.51. The lowest BCUT2D eigenvalue weighted by Crippen LogP contribution is -2.30. The second kappa shape index (κ2) is 10.2. The molecular weight excluding hydrogens is 479 g/mol. The molecule has 0 bridgehead atoms. The van der Waals surface area contributed by atoms with Crippen molar-refractivity contribution in [1.29, 1.82) is 5.41 Å². The first-order valence-electron chi connectivity index (χ1n) is 11.6. The minimum Gasteiger partial charge on any atom is -0.488 e. The van der Waals surface area contributed by atoms with Crippen LogP contribution in [0.2, 0.25) is 0 Å². The van der Waals surface area contributed by atoms with Gasteiger partial charge in [-0.2, -0.15) is 5.10 Å². The third kappa shape index (κ3) is 4.68. The summed E-state index contributed by atoms with van der Waals surface area (Å²) in [4.78, 5) is 14.6. The molecule has 11 heteroatoms. The third-order valence-electron chi connectivity index (χ3n) is 6.19. The first-order chi connectivity index (χ1) is 18.0. The molecule has 2 aromatic carbocycles. The quantitative estimate of drug-likeness (QED) is 0.234. The monoisotopic (exact) mass is 504 g/mol. The highest BCUT2D eigenvalue weighted by Crippen LogP contribution is 2.33. The van der Waals surface area contributed by atoms with Gasteiger partial charge >= 0.3 is 0 Å². The zero-order chi connectivity index (χ0) is 25.9. The number of halogens is 1. The second-order valence-electron chi connectivity index (χ2n) is 8.45. The predicted molar refractivity (Wildman–Crippen MR) is 135 cm³/mol. The predicted octanol–water partition coefficient (Wildman–Crippen LogP) is 3.63. The summed E-state index contributed by atoms with van der Waals surface area (Å²) in [6.07, 6.45) is 1.27. The number of carbonyl (C=O) groups excluding carboxylic acids is 1. The summed E-state index contributed by atoms with van der Waals surface area (Å²) in [6, 6.07) is 11.7. The van der Waals surface area contributed by atoms with Crippen LogP contribution in [0.3, 0.4) is 0 Å². The van der Waals surface area contributed by atoms with Crippen LogP contribution in [-0.4, -0.2) is 72.8 Å². The average molecular weight is 505 g/mol. The van der Waals surface area contributed by atoms with Gasteiger partial charge in [0.2, 0.25) is 0 Å². The number of nitrogens with zero attached hydrogens (tertiary/aromatic N) is 3. The molecule has 1 amide bonds. The molecule has 0 saturated carbocycles. The van der Waals surface area contributed by atoms with E-state index in [1.165, 1.54) is 12.3 Å². The van der Waals surface area contributed by atoms with E-state index >= 15 is 0 Å². The van der Waals surface area contributed by atoms with Gasteiger partial charge in [-0.15, -0.1) is 0 Å². The molecular formula is C26H25FN6O4. The third-order valence-corrected chi connectivity index (χ3v) is 6.19. The van der Waals surface area contributed by atoms with Crippen molar-refractivity contribution < 1.29 is 23.2 Å². The van der Waals surface area contributed by atoms with Gasteiger partial charge < -0.3 is 29.6 Å². The van der Waals surface area contributed by atoms with Gasteiger partial charge in [-0.3, -0.25) is 9.89 Å². The number of amides is 1. The Labute approximate surface area is 211 Å². The van der Waals surface area contributed by atoms with Gasteiger partial charge in [0.25, 0.3) is 5.91 Å². The number of likely N-dealkylation sites (N-methyl/N-ethyl adjacent to an activating group) is 1. The molecule has 0 aliphatic carbocycles. The van der Waals surface area contributed by atoms with Gasteiger partial charge in [-0.1, -0.05) is 17.3 Å². The SMILES string of the molecule is CNC1=C(C=N)CN(C(=O)c2ccc(-c3cc(-c4n[nH]c5cc(OCCOC)c(F)cc45)on3)cc2)C1. The molecule has 3 N–H and O–H groups in total. The van der Waals surface area contributed by atoms with Crippen molar-refractivity contribution in [3.8, 4) is 28.5 Å². The highest BCUT2D eigenvalue weighted by atomic mass is 19.1. The average Bonchev–Trinajstić information content (AvgIpc) is 3.66. The number of hydrogen-bond acceptors (Lipinski definition) is 8. The summed E-state index contributed by atoms with van der Waals surface area (Å²) in [5.41, 5.74) is 4.52. The number of ether oxygens (including phenoxy) is 2. The molecule has 190 valence electrons. The zero-order valence-electron chi connectivity index (χ0n) is 20.3.